The van der Waals surface area contributed by atoms with Crippen molar-refractivity contribution in [1.82, 2.24) is 9.88 Å². The predicted octanol–water partition coefficient (Wildman–Crippen LogP) is 4.22. The highest BCUT2D eigenvalue weighted by molar-refractivity contribution is 6.08. The van der Waals surface area contributed by atoms with Crippen LogP contribution in [0.4, 0.5) is 5.69 Å². The average molecular weight is 448 g/mol. The van der Waals surface area contributed by atoms with Gasteiger partial charge in [0.1, 0.15) is 6.04 Å². The Bertz CT molecular complexity index is 1070. The van der Waals surface area contributed by atoms with Gasteiger partial charge in [-0.05, 0) is 41.3 Å². The van der Waals surface area contributed by atoms with E-state index in [9.17, 15) is 9.59 Å². The molecule has 33 heavy (non-hydrogen) atoms. The first-order chi connectivity index (χ1) is 15.9. The Kier molecular flexibility index (Phi) is 6.60. The molecule has 0 saturated carbocycles. The number of rotatable bonds is 5. The van der Waals surface area contributed by atoms with Crippen LogP contribution in [0.15, 0.2) is 71.6 Å². The molecule has 0 radical (unpaired) electrons. The van der Waals surface area contributed by atoms with E-state index >= 15 is 0 Å². The van der Waals surface area contributed by atoms with Gasteiger partial charge in [-0.25, -0.2) is 0 Å². The fourth-order valence-corrected chi connectivity index (χ4v) is 3.92. The number of benzene rings is 1. The Morgan fingerprint density at radius 3 is 2.33 bits per heavy atom. The molecule has 2 aromatic heterocycles. The van der Waals surface area contributed by atoms with Crippen LogP contribution in [0.25, 0.3) is 0 Å². The molecule has 1 fully saturated rings. The summed E-state index contributed by atoms with van der Waals surface area (Å²) in [6.07, 6.45) is 4.74. The molecular formula is C26H29N3O4. The maximum Gasteiger partial charge on any atom is 0.294 e. The molecule has 3 heterocycles. The van der Waals surface area contributed by atoms with Crippen LogP contribution in [-0.2, 0) is 14.9 Å². The van der Waals surface area contributed by atoms with Crippen LogP contribution in [0.5, 0.6) is 0 Å². The number of hydrogen-bond donors (Lipinski definition) is 0. The second kappa shape index (κ2) is 9.58. The van der Waals surface area contributed by atoms with E-state index in [1.807, 2.05) is 30.3 Å². The van der Waals surface area contributed by atoms with E-state index in [1.54, 1.807) is 35.5 Å². The highest BCUT2D eigenvalue weighted by atomic mass is 16.5. The van der Waals surface area contributed by atoms with Gasteiger partial charge in [0, 0.05) is 36.7 Å². The first-order valence-corrected chi connectivity index (χ1v) is 11.1. The fraction of sp³-hybridized carbons (Fsp3) is 0.346. The van der Waals surface area contributed by atoms with Crippen molar-refractivity contribution < 1.29 is 18.7 Å². The minimum Gasteiger partial charge on any atom is -0.459 e. The average Bonchev–Trinajstić information content (AvgIpc) is 3.37. The Morgan fingerprint density at radius 2 is 1.76 bits per heavy atom. The lowest BCUT2D eigenvalue weighted by atomic mass is 9.87. The number of ether oxygens (including phenoxy) is 1. The molecule has 0 N–H and O–H groups in total. The zero-order chi connectivity index (χ0) is 23.4. The molecule has 1 aromatic carbocycles. The summed E-state index contributed by atoms with van der Waals surface area (Å²) in [5.41, 5.74) is 2.34. The van der Waals surface area contributed by atoms with Crippen LogP contribution in [0.2, 0.25) is 0 Å². The Hall–Kier alpha value is -3.45. The van der Waals surface area contributed by atoms with Gasteiger partial charge in [-0.2, -0.15) is 0 Å². The van der Waals surface area contributed by atoms with Crippen molar-refractivity contribution in [2.24, 2.45) is 0 Å². The molecule has 1 aliphatic heterocycles. The third kappa shape index (κ3) is 4.98. The third-order valence-corrected chi connectivity index (χ3v) is 5.78. The standard InChI is InChI=1S/C26H29N3O4/c1-26(2,3)20-8-10-21(11-9-20)29(24(30)22-7-5-15-33-22)23(19-6-4-12-27-18-19)25(31)28-13-16-32-17-14-28/h4-12,15,18,23H,13-14,16-17H2,1-3H3. The maximum atomic E-state index is 13.8. The van der Waals surface area contributed by atoms with Crippen molar-refractivity contribution in [3.05, 3.63) is 84.1 Å². The van der Waals surface area contributed by atoms with Crippen molar-refractivity contribution in [2.45, 2.75) is 32.2 Å². The number of morpholine rings is 1. The number of anilines is 1. The van der Waals surface area contributed by atoms with E-state index < -0.39 is 6.04 Å². The number of carbonyl (C=O) groups excluding carboxylic acids is 2. The summed E-state index contributed by atoms with van der Waals surface area (Å²) in [4.78, 5) is 35.0. The lowest BCUT2D eigenvalue weighted by Gasteiger charge is -2.36. The van der Waals surface area contributed by atoms with Crippen LogP contribution in [0.3, 0.4) is 0 Å². The maximum absolute atomic E-state index is 13.8. The molecule has 0 spiro atoms. The molecule has 0 aliphatic carbocycles. The van der Waals surface area contributed by atoms with Crippen LogP contribution < -0.4 is 4.90 Å². The summed E-state index contributed by atoms with van der Waals surface area (Å²) < 4.78 is 10.9. The molecule has 1 aliphatic rings. The van der Waals surface area contributed by atoms with Crippen LogP contribution >= 0.6 is 0 Å². The second-order valence-corrected chi connectivity index (χ2v) is 9.08. The van der Waals surface area contributed by atoms with E-state index in [2.05, 4.69) is 25.8 Å². The second-order valence-electron chi connectivity index (χ2n) is 9.08. The molecule has 7 nitrogen and oxygen atoms in total. The van der Waals surface area contributed by atoms with Crippen LogP contribution in [0, 0.1) is 0 Å². The summed E-state index contributed by atoms with van der Waals surface area (Å²) >= 11 is 0. The molecule has 1 atom stereocenters. The number of nitrogens with zero attached hydrogens (tertiary/aromatic N) is 3. The van der Waals surface area contributed by atoms with Gasteiger partial charge in [-0.1, -0.05) is 39.0 Å². The van der Waals surface area contributed by atoms with E-state index in [0.717, 1.165) is 5.56 Å². The zero-order valence-corrected chi connectivity index (χ0v) is 19.2. The van der Waals surface area contributed by atoms with Crippen molar-refractivity contribution >= 4 is 17.5 Å². The molecule has 2 amide bonds. The number of carbonyl (C=O) groups is 2. The van der Waals surface area contributed by atoms with E-state index in [4.69, 9.17) is 9.15 Å². The van der Waals surface area contributed by atoms with Gasteiger partial charge in [0.15, 0.2) is 5.76 Å². The first kappa shape index (κ1) is 22.7. The van der Waals surface area contributed by atoms with Gasteiger partial charge < -0.3 is 14.1 Å². The molecule has 4 rings (SSSR count). The van der Waals surface area contributed by atoms with E-state index in [1.165, 1.54) is 11.2 Å². The van der Waals surface area contributed by atoms with Crippen LogP contribution in [0.1, 0.15) is 48.5 Å². The van der Waals surface area contributed by atoms with E-state index in [-0.39, 0.29) is 23.0 Å². The smallest absolute Gasteiger partial charge is 0.294 e. The Morgan fingerprint density at radius 1 is 1.03 bits per heavy atom. The highest BCUT2D eigenvalue weighted by Gasteiger charge is 2.37. The Labute approximate surface area is 194 Å². The van der Waals surface area contributed by atoms with Gasteiger partial charge in [0.05, 0.1) is 19.5 Å². The largest absolute Gasteiger partial charge is 0.459 e. The number of furan rings is 1. The summed E-state index contributed by atoms with van der Waals surface area (Å²) in [6, 6.07) is 13.7. The fourth-order valence-electron chi connectivity index (χ4n) is 3.92. The summed E-state index contributed by atoms with van der Waals surface area (Å²) in [5.74, 6) is -0.399. The molecular weight excluding hydrogens is 418 g/mol. The number of pyridine rings is 1. The Balaban J connectivity index is 1.82. The van der Waals surface area contributed by atoms with E-state index in [0.29, 0.717) is 37.6 Å². The first-order valence-electron chi connectivity index (χ1n) is 11.1. The molecule has 1 saturated heterocycles. The third-order valence-electron chi connectivity index (χ3n) is 5.78. The molecule has 3 aromatic rings. The van der Waals surface area contributed by atoms with Gasteiger partial charge in [-0.15, -0.1) is 0 Å². The summed E-state index contributed by atoms with van der Waals surface area (Å²) in [6.45, 7) is 8.29. The molecule has 1 unspecified atom stereocenters. The van der Waals surface area contributed by atoms with Crippen molar-refractivity contribution in [2.75, 3.05) is 31.2 Å². The monoisotopic (exact) mass is 447 g/mol. The lowest BCUT2D eigenvalue weighted by molar-refractivity contribution is -0.136. The zero-order valence-electron chi connectivity index (χ0n) is 19.2. The molecule has 0 bridgehead atoms. The lowest BCUT2D eigenvalue weighted by Crippen LogP contribution is -2.49. The van der Waals surface area contributed by atoms with Gasteiger partial charge in [-0.3, -0.25) is 19.5 Å². The number of hydrogen-bond acceptors (Lipinski definition) is 5. The topological polar surface area (TPSA) is 75.9 Å². The summed E-state index contributed by atoms with van der Waals surface area (Å²) in [5, 5.41) is 0. The van der Waals surface area contributed by atoms with Crippen LogP contribution in [-0.4, -0.2) is 48.0 Å². The summed E-state index contributed by atoms with van der Waals surface area (Å²) in [7, 11) is 0. The minimum atomic E-state index is -0.894. The SMILES string of the molecule is CC(C)(C)c1ccc(N(C(=O)c2ccco2)C(C(=O)N2CCOCC2)c2cccnc2)cc1. The highest BCUT2D eigenvalue weighted by Crippen LogP contribution is 2.33. The quantitative estimate of drug-likeness (QED) is 0.585. The number of amides is 2. The van der Waals surface area contributed by atoms with Crippen molar-refractivity contribution in [3.63, 3.8) is 0 Å². The molecule has 172 valence electrons. The van der Waals surface area contributed by atoms with Crippen molar-refractivity contribution in [1.29, 1.82) is 0 Å². The van der Waals surface area contributed by atoms with Gasteiger partial charge in [0.2, 0.25) is 0 Å². The van der Waals surface area contributed by atoms with Gasteiger partial charge >= 0.3 is 0 Å². The normalized spacial score (nSPS) is 15.2. The predicted molar refractivity (Wildman–Crippen MR) is 125 cm³/mol. The number of aromatic nitrogens is 1. The minimum absolute atomic E-state index is 0.0409. The molecule has 7 heteroatoms. The van der Waals surface area contributed by atoms with Crippen molar-refractivity contribution in [3.8, 4) is 0 Å². The van der Waals surface area contributed by atoms with Gasteiger partial charge in [0.25, 0.3) is 11.8 Å².